The van der Waals surface area contributed by atoms with Crippen LogP contribution < -0.4 is 0 Å². The molecule has 5 N–H and O–H groups in total. The first kappa shape index (κ1) is 20.5. The zero-order valence-corrected chi connectivity index (χ0v) is 10.6. The standard InChI is InChI=1S/C6H15NO6.C3H6O3/c8-1-4-11-7(12-5-2-9)13-6-3-10;1-2(4)3(5)6/h8-10H,1-6H2;2,4H,1H3,(H,5,6). The van der Waals surface area contributed by atoms with Crippen LogP contribution in [0.4, 0.5) is 0 Å². The zero-order chi connectivity index (χ0) is 15.1. The second-order valence-electron chi connectivity index (χ2n) is 2.91. The molecule has 0 bridgehead atoms. The molecule has 10 nitrogen and oxygen atoms in total. The van der Waals surface area contributed by atoms with Gasteiger partial charge in [0.1, 0.15) is 6.10 Å². The average molecular weight is 287 g/mol. The number of rotatable bonds is 10. The van der Waals surface area contributed by atoms with Crippen LogP contribution in [0.25, 0.3) is 0 Å². The molecule has 0 heterocycles. The number of carbonyl (C=O) groups is 1. The molecule has 0 aliphatic carbocycles. The van der Waals surface area contributed by atoms with Crippen LogP contribution in [0.5, 0.6) is 0 Å². The molecule has 1 unspecified atom stereocenters. The molecule has 0 aromatic heterocycles. The molecule has 0 spiro atoms. The number of aliphatic hydroxyl groups is 4. The van der Waals surface area contributed by atoms with Gasteiger partial charge in [0.15, 0.2) is 0 Å². The summed E-state index contributed by atoms with van der Waals surface area (Å²) >= 11 is 0. The topological polar surface area (TPSA) is 149 Å². The first-order chi connectivity index (χ1) is 8.99. The second-order valence-corrected chi connectivity index (χ2v) is 2.91. The number of aliphatic hydroxyl groups excluding tert-OH is 4. The van der Waals surface area contributed by atoms with Crippen LogP contribution in [0.3, 0.4) is 0 Å². The Kier molecular flexibility index (Phi) is 16.4. The van der Waals surface area contributed by atoms with Gasteiger partial charge >= 0.3 is 5.97 Å². The van der Waals surface area contributed by atoms with Gasteiger partial charge in [-0.25, -0.2) is 19.3 Å². The lowest BCUT2D eigenvalue weighted by Gasteiger charge is -2.17. The summed E-state index contributed by atoms with van der Waals surface area (Å²) in [5.41, 5.74) is 0. The van der Waals surface area contributed by atoms with Crippen LogP contribution in [0, 0.1) is 0 Å². The minimum absolute atomic E-state index is 0.0108. The van der Waals surface area contributed by atoms with Crippen molar-refractivity contribution >= 4 is 5.97 Å². The molecular weight excluding hydrogens is 266 g/mol. The normalized spacial score (nSPS) is 11.9. The first-order valence-corrected chi connectivity index (χ1v) is 5.41. The van der Waals surface area contributed by atoms with Gasteiger partial charge in [-0.05, 0) is 6.92 Å². The van der Waals surface area contributed by atoms with E-state index in [4.69, 9.17) is 40.0 Å². The van der Waals surface area contributed by atoms with Crippen molar-refractivity contribution in [1.82, 2.24) is 5.39 Å². The third-order valence-corrected chi connectivity index (χ3v) is 1.22. The highest BCUT2D eigenvalue weighted by Crippen LogP contribution is 1.93. The van der Waals surface area contributed by atoms with E-state index in [2.05, 4.69) is 0 Å². The maximum Gasteiger partial charge on any atom is 0.332 e. The minimum Gasteiger partial charge on any atom is -0.479 e. The zero-order valence-electron chi connectivity index (χ0n) is 10.6. The van der Waals surface area contributed by atoms with Crippen molar-refractivity contribution in [2.45, 2.75) is 13.0 Å². The summed E-state index contributed by atoms with van der Waals surface area (Å²) in [6, 6.07) is 0. The molecule has 0 amide bonds. The lowest BCUT2D eigenvalue weighted by Crippen LogP contribution is -2.28. The molecular formula is C9H21NO9. The molecule has 0 aromatic rings. The van der Waals surface area contributed by atoms with Crippen LogP contribution >= 0.6 is 0 Å². The monoisotopic (exact) mass is 287 g/mol. The largest absolute Gasteiger partial charge is 0.479 e. The van der Waals surface area contributed by atoms with Gasteiger partial charge in [0, 0.05) is 0 Å². The summed E-state index contributed by atoms with van der Waals surface area (Å²) in [6.45, 7) is 0.692. The van der Waals surface area contributed by atoms with Gasteiger partial charge in [-0.1, -0.05) is 0 Å². The van der Waals surface area contributed by atoms with Gasteiger partial charge in [-0.15, -0.1) is 0 Å². The lowest BCUT2D eigenvalue weighted by atomic mass is 10.4. The van der Waals surface area contributed by atoms with Crippen molar-refractivity contribution in [2.24, 2.45) is 0 Å². The third kappa shape index (κ3) is 17.1. The number of aliphatic carboxylic acids is 1. The molecule has 0 rings (SSSR count). The molecule has 0 aromatic carbocycles. The maximum atomic E-state index is 9.45. The summed E-state index contributed by atoms with van der Waals surface area (Å²) in [5, 5.41) is 41.6. The molecule has 1 atom stereocenters. The van der Waals surface area contributed by atoms with Gasteiger partial charge in [0.2, 0.25) is 0 Å². The van der Waals surface area contributed by atoms with Crippen LogP contribution in [0.15, 0.2) is 0 Å². The van der Waals surface area contributed by atoms with E-state index >= 15 is 0 Å². The number of hydrogen-bond acceptors (Lipinski definition) is 9. The van der Waals surface area contributed by atoms with E-state index in [-0.39, 0.29) is 39.6 Å². The molecule has 0 fully saturated rings. The minimum atomic E-state index is -1.23. The Bertz CT molecular complexity index is 183. The van der Waals surface area contributed by atoms with Crippen LogP contribution in [0.1, 0.15) is 6.92 Å². The predicted molar refractivity (Wildman–Crippen MR) is 60.3 cm³/mol. The van der Waals surface area contributed by atoms with E-state index in [0.717, 1.165) is 0 Å². The van der Waals surface area contributed by atoms with Crippen molar-refractivity contribution in [3.05, 3.63) is 0 Å². The van der Waals surface area contributed by atoms with E-state index < -0.39 is 12.1 Å². The Balaban J connectivity index is 0. The highest BCUT2D eigenvalue weighted by molar-refractivity contribution is 5.71. The number of nitrogens with zero attached hydrogens (tertiary/aromatic N) is 1. The third-order valence-electron chi connectivity index (χ3n) is 1.22. The molecule has 0 aliphatic heterocycles. The summed E-state index contributed by atoms with van der Waals surface area (Å²) < 4.78 is 0. The molecule has 0 saturated heterocycles. The number of hydrogen-bond donors (Lipinski definition) is 5. The molecule has 10 heteroatoms. The molecule has 116 valence electrons. The van der Waals surface area contributed by atoms with Gasteiger partial charge in [-0.2, -0.15) is 0 Å². The maximum absolute atomic E-state index is 9.45. The Morgan fingerprint density at radius 1 is 1.00 bits per heavy atom. The molecule has 19 heavy (non-hydrogen) atoms. The SMILES string of the molecule is CC(O)C(=O)O.OCCON(OCCO)OCCO. The van der Waals surface area contributed by atoms with E-state index in [9.17, 15) is 4.79 Å². The Hall–Kier alpha value is -0.850. The Morgan fingerprint density at radius 3 is 1.42 bits per heavy atom. The van der Waals surface area contributed by atoms with E-state index in [1.54, 1.807) is 0 Å². The predicted octanol–water partition coefficient (Wildman–Crippen LogP) is -2.49. The quantitative estimate of drug-likeness (QED) is 0.273. The number of carboxylic acid groups (broad SMARTS) is 1. The lowest BCUT2D eigenvalue weighted by molar-refractivity contribution is -0.527. The van der Waals surface area contributed by atoms with Crippen LogP contribution in [0.2, 0.25) is 0 Å². The summed E-state index contributed by atoms with van der Waals surface area (Å²) in [6.07, 6.45) is -1.23. The highest BCUT2D eigenvalue weighted by Gasteiger charge is 2.05. The first-order valence-electron chi connectivity index (χ1n) is 5.41. The van der Waals surface area contributed by atoms with Gasteiger partial charge < -0.3 is 25.5 Å². The van der Waals surface area contributed by atoms with Crippen LogP contribution in [-0.4, -0.2) is 82.6 Å². The number of carboxylic acids is 1. The van der Waals surface area contributed by atoms with Crippen LogP contribution in [-0.2, 0) is 19.3 Å². The van der Waals surface area contributed by atoms with Gasteiger partial charge in [-0.3, -0.25) is 0 Å². The van der Waals surface area contributed by atoms with Crippen molar-refractivity contribution in [3.63, 3.8) is 0 Å². The van der Waals surface area contributed by atoms with Gasteiger partial charge in [0.05, 0.1) is 45.0 Å². The fourth-order valence-electron chi connectivity index (χ4n) is 0.458. The fourth-order valence-corrected chi connectivity index (χ4v) is 0.458. The van der Waals surface area contributed by atoms with E-state index in [1.165, 1.54) is 6.92 Å². The Morgan fingerprint density at radius 2 is 1.26 bits per heavy atom. The fraction of sp³-hybridized carbons (Fsp3) is 0.889. The molecule has 0 radical (unpaired) electrons. The smallest absolute Gasteiger partial charge is 0.332 e. The van der Waals surface area contributed by atoms with E-state index in [0.29, 0.717) is 5.39 Å². The van der Waals surface area contributed by atoms with Crippen molar-refractivity contribution in [2.75, 3.05) is 39.6 Å². The van der Waals surface area contributed by atoms with Crippen molar-refractivity contribution in [1.29, 1.82) is 0 Å². The summed E-state index contributed by atoms with van der Waals surface area (Å²) in [4.78, 5) is 23.6. The Labute approximate surface area is 110 Å². The average Bonchev–Trinajstić information content (AvgIpc) is 2.38. The molecule has 0 saturated carbocycles. The van der Waals surface area contributed by atoms with Gasteiger partial charge in [0.25, 0.3) is 0 Å². The summed E-state index contributed by atoms with van der Waals surface area (Å²) in [5.74, 6) is -1.19. The van der Waals surface area contributed by atoms with Crippen molar-refractivity contribution < 1.29 is 44.8 Å². The van der Waals surface area contributed by atoms with E-state index in [1.807, 2.05) is 0 Å². The second kappa shape index (κ2) is 15.2. The summed E-state index contributed by atoms with van der Waals surface area (Å²) in [7, 11) is 0. The van der Waals surface area contributed by atoms with Crippen molar-refractivity contribution in [3.8, 4) is 0 Å². The highest BCUT2D eigenvalue weighted by atomic mass is 17.2. The molecule has 0 aliphatic rings.